The number of amides is 1. The molecule has 8 heteroatoms. The van der Waals surface area contributed by atoms with Crippen LogP contribution in [0.15, 0.2) is 0 Å². The fourth-order valence-corrected chi connectivity index (χ4v) is 5.24. The molecule has 0 aliphatic carbocycles. The van der Waals surface area contributed by atoms with Crippen LogP contribution < -0.4 is 5.32 Å². The quantitative estimate of drug-likeness (QED) is 0.736. The summed E-state index contributed by atoms with van der Waals surface area (Å²) in [6.45, 7) is 3.40. The molecule has 1 N–H and O–H groups in total. The van der Waals surface area contributed by atoms with Crippen molar-refractivity contribution in [2.75, 3.05) is 36.9 Å². The van der Waals surface area contributed by atoms with Crippen LogP contribution in [0.1, 0.15) is 32.6 Å². The molecule has 6 nitrogen and oxygen atoms in total. The number of sulfonamides is 1. The second kappa shape index (κ2) is 8.52. The van der Waals surface area contributed by atoms with Crippen LogP contribution in [-0.2, 0) is 19.6 Å². The molecule has 0 radical (unpaired) electrons. The lowest BCUT2D eigenvalue weighted by Gasteiger charge is -2.25. The van der Waals surface area contributed by atoms with Crippen LogP contribution in [0.4, 0.5) is 0 Å². The second-order valence-electron chi connectivity index (χ2n) is 5.86. The van der Waals surface area contributed by atoms with Gasteiger partial charge in [0, 0.05) is 37.6 Å². The molecule has 1 amide bonds. The lowest BCUT2D eigenvalue weighted by molar-refractivity contribution is -0.121. The van der Waals surface area contributed by atoms with Gasteiger partial charge in [0.25, 0.3) is 0 Å². The van der Waals surface area contributed by atoms with E-state index in [0.717, 1.165) is 24.3 Å². The third-order valence-corrected chi connectivity index (χ3v) is 6.87. The van der Waals surface area contributed by atoms with Gasteiger partial charge in [-0.15, -0.1) is 0 Å². The van der Waals surface area contributed by atoms with Crippen LogP contribution in [0.5, 0.6) is 0 Å². The van der Waals surface area contributed by atoms with E-state index in [2.05, 4.69) is 5.32 Å². The lowest BCUT2D eigenvalue weighted by atomic mass is 10.1. The average molecular weight is 351 g/mol. The maximum absolute atomic E-state index is 12.1. The third kappa shape index (κ3) is 5.72. The standard InChI is InChI=1S/C14H26N2O4S2/c1-12-2-3-13(20-12)4-5-14(17)15-6-11-22(18,19)16-7-9-21-10-8-16/h12-13H,2-11H2,1H3,(H,15,17)/t12-,13-/m1/s1. The molecule has 0 aromatic rings. The maximum Gasteiger partial charge on any atom is 0.220 e. The summed E-state index contributed by atoms with van der Waals surface area (Å²) >= 11 is 1.77. The van der Waals surface area contributed by atoms with Gasteiger partial charge in [0.05, 0.1) is 18.0 Å². The Hall–Kier alpha value is -0.310. The van der Waals surface area contributed by atoms with Gasteiger partial charge in [-0.1, -0.05) is 0 Å². The number of nitrogens with one attached hydrogen (secondary N) is 1. The molecular weight excluding hydrogens is 324 g/mol. The van der Waals surface area contributed by atoms with E-state index in [4.69, 9.17) is 4.74 Å². The Bertz CT molecular complexity index is 463. The predicted octanol–water partition coefficient (Wildman–Crippen LogP) is 0.829. The molecule has 22 heavy (non-hydrogen) atoms. The van der Waals surface area contributed by atoms with E-state index >= 15 is 0 Å². The summed E-state index contributed by atoms with van der Waals surface area (Å²) < 4.78 is 31.4. The fraction of sp³-hybridized carbons (Fsp3) is 0.929. The highest BCUT2D eigenvalue weighted by Crippen LogP contribution is 2.22. The zero-order valence-corrected chi connectivity index (χ0v) is 14.8. The molecule has 0 aromatic carbocycles. The first-order valence-electron chi connectivity index (χ1n) is 7.95. The summed E-state index contributed by atoms with van der Waals surface area (Å²) in [7, 11) is -3.24. The van der Waals surface area contributed by atoms with Gasteiger partial charge in [-0.2, -0.15) is 11.8 Å². The van der Waals surface area contributed by atoms with Gasteiger partial charge in [0.15, 0.2) is 0 Å². The first-order valence-corrected chi connectivity index (χ1v) is 10.7. The van der Waals surface area contributed by atoms with E-state index in [1.54, 1.807) is 11.8 Å². The van der Waals surface area contributed by atoms with Crippen LogP contribution in [0, 0.1) is 0 Å². The van der Waals surface area contributed by atoms with E-state index in [9.17, 15) is 13.2 Å². The molecule has 0 unspecified atom stereocenters. The molecular formula is C14H26N2O4S2. The van der Waals surface area contributed by atoms with Gasteiger partial charge < -0.3 is 10.1 Å². The third-order valence-electron chi connectivity index (χ3n) is 4.06. The highest BCUT2D eigenvalue weighted by molar-refractivity contribution is 7.99. The molecule has 2 saturated heterocycles. The van der Waals surface area contributed by atoms with Crippen LogP contribution in [0.2, 0.25) is 0 Å². The number of carbonyl (C=O) groups is 1. The number of thioether (sulfide) groups is 1. The number of hydrogen-bond donors (Lipinski definition) is 1. The van der Waals surface area contributed by atoms with Crippen molar-refractivity contribution in [2.45, 2.75) is 44.8 Å². The Kier molecular flexibility index (Phi) is 6.98. The van der Waals surface area contributed by atoms with Crippen molar-refractivity contribution in [1.29, 1.82) is 0 Å². The van der Waals surface area contributed by atoms with Crippen LogP contribution in [0.25, 0.3) is 0 Å². The van der Waals surface area contributed by atoms with E-state index < -0.39 is 10.0 Å². The Morgan fingerprint density at radius 2 is 2.05 bits per heavy atom. The van der Waals surface area contributed by atoms with Crippen molar-refractivity contribution in [3.8, 4) is 0 Å². The maximum atomic E-state index is 12.1. The molecule has 2 atom stereocenters. The molecule has 2 aliphatic rings. The van der Waals surface area contributed by atoms with Gasteiger partial charge in [0.1, 0.15) is 0 Å². The molecule has 2 aliphatic heterocycles. The Morgan fingerprint density at radius 3 is 2.68 bits per heavy atom. The average Bonchev–Trinajstić information content (AvgIpc) is 2.91. The Morgan fingerprint density at radius 1 is 1.32 bits per heavy atom. The van der Waals surface area contributed by atoms with Gasteiger partial charge in [-0.3, -0.25) is 4.79 Å². The molecule has 0 spiro atoms. The number of carbonyl (C=O) groups excluding carboxylic acids is 1. The zero-order chi connectivity index (χ0) is 16.0. The molecule has 0 saturated carbocycles. The van der Waals surface area contributed by atoms with E-state index in [1.807, 2.05) is 6.92 Å². The van der Waals surface area contributed by atoms with Gasteiger partial charge in [-0.25, -0.2) is 12.7 Å². The molecule has 0 bridgehead atoms. The molecule has 2 heterocycles. The highest BCUT2D eigenvalue weighted by Gasteiger charge is 2.24. The van der Waals surface area contributed by atoms with Gasteiger partial charge in [0.2, 0.25) is 15.9 Å². The number of hydrogen-bond acceptors (Lipinski definition) is 5. The van der Waals surface area contributed by atoms with Crippen LogP contribution >= 0.6 is 11.8 Å². The molecule has 2 rings (SSSR count). The monoisotopic (exact) mass is 350 g/mol. The first kappa shape index (κ1) is 18.0. The summed E-state index contributed by atoms with van der Waals surface area (Å²) in [5.74, 6) is 1.60. The number of nitrogens with zero attached hydrogens (tertiary/aromatic N) is 1. The largest absolute Gasteiger partial charge is 0.375 e. The zero-order valence-electron chi connectivity index (χ0n) is 13.1. The molecule has 128 valence electrons. The lowest BCUT2D eigenvalue weighted by Crippen LogP contribution is -2.41. The van der Waals surface area contributed by atoms with Crippen molar-refractivity contribution >= 4 is 27.7 Å². The van der Waals surface area contributed by atoms with Crippen molar-refractivity contribution in [1.82, 2.24) is 9.62 Å². The number of rotatable bonds is 7. The van der Waals surface area contributed by atoms with Crippen molar-refractivity contribution in [3.63, 3.8) is 0 Å². The minimum atomic E-state index is -3.24. The summed E-state index contributed by atoms with van der Waals surface area (Å²) in [6.07, 6.45) is 3.65. The van der Waals surface area contributed by atoms with E-state index in [-0.39, 0.29) is 24.3 Å². The summed E-state index contributed by atoms with van der Waals surface area (Å²) in [5.41, 5.74) is 0. The Labute approximate surface area is 137 Å². The van der Waals surface area contributed by atoms with Crippen molar-refractivity contribution in [3.05, 3.63) is 0 Å². The Balaban J connectivity index is 1.61. The van der Waals surface area contributed by atoms with Crippen LogP contribution in [0.3, 0.4) is 0 Å². The smallest absolute Gasteiger partial charge is 0.220 e. The predicted molar refractivity (Wildman–Crippen MR) is 88.5 cm³/mol. The van der Waals surface area contributed by atoms with E-state index in [1.165, 1.54) is 4.31 Å². The minimum Gasteiger partial charge on any atom is -0.375 e. The summed E-state index contributed by atoms with van der Waals surface area (Å²) in [4.78, 5) is 11.8. The highest BCUT2D eigenvalue weighted by atomic mass is 32.2. The topological polar surface area (TPSA) is 75.7 Å². The molecule has 2 fully saturated rings. The summed E-state index contributed by atoms with van der Waals surface area (Å²) in [6, 6.07) is 0. The minimum absolute atomic E-state index is 0.0135. The summed E-state index contributed by atoms with van der Waals surface area (Å²) in [5, 5.41) is 2.71. The normalized spacial score (nSPS) is 27.0. The van der Waals surface area contributed by atoms with Crippen molar-refractivity contribution in [2.24, 2.45) is 0 Å². The second-order valence-corrected chi connectivity index (χ2v) is 9.18. The van der Waals surface area contributed by atoms with Crippen LogP contribution in [-0.4, -0.2) is 67.7 Å². The number of ether oxygens (including phenoxy) is 1. The van der Waals surface area contributed by atoms with Gasteiger partial charge >= 0.3 is 0 Å². The SMILES string of the molecule is C[C@@H]1CC[C@H](CCC(=O)NCCS(=O)(=O)N2CCSCC2)O1. The van der Waals surface area contributed by atoms with E-state index in [0.29, 0.717) is 32.0 Å². The van der Waals surface area contributed by atoms with Crippen molar-refractivity contribution < 1.29 is 17.9 Å². The van der Waals surface area contributed by atoms with Gasteiger partial charge in [-0.05, 0) is 26.2 Å². The first-order chi connectivity index (χ1) is 10.5. The molecule has 0 aromatic heterocycles. The fourth-order valence-electron chi connectivity index (χ4n) is 2.75.